The number of fused-ring (bicyclic) bond motifs is 1. The van der Waals surface area contributed by atoms with E-state index in [1.807, 2.05) is 0 Å². The van der Waals surface area contributed by atoms with Crippen molar-refractivity contribution in [3.63, 3.8) is 0 Å². The molecule has 0 unspecified atom stereocenters. The number of aromatic nitrogens is 5. The van der Waals surface area contributed by atoms with Crippen LogP contribution in [0.5, 0.6) is 0 Å². The second-order valence-corrected chi connectivity index (χ2v) is 5.86. The maximum absolute atomic E-state index is 12.9. The van der Waals surface area contributed by atoms with Crippen LogP contribution in [0.4, 0.5) is 13.2 Å². The quantitative estimate of drug-likeness (QED) is 0.483. The summed E-state index contributed by atoms with van der Waals surface area (Å²) in [4.78, 5) is 8.23. The fraction of sp³-hybridized carbons (Fsp3) is 0.0588. The highest BCUT2D eigenvalue weighted by Gasteiger charge is 2.30. The van der Waals surface area contributed by atoms with Crippen molar-refractivity contribution in [2.45, 2.75) is 6.18 Å². The average molecular weight is 376 g/mol. The molecule has 0 N–H and O–H groups in total. The minimum absolute atomic E-state index is 0.276. The zero-order chi connectivity index (χ0) is 18.3. The molecule has 9 heteroatoms. The minimum Gasteiger partial charge on any atom is -0.265 e. The summed E-state index contributed by atoms with van der Waals surface area (Å²) in [5.74, 6) is 0.276. The van der Waals surface area contributed by atoms with Crippen molar-refractivity contribution in [3.8, 4) is 22.6 Å². The van der Waals surface area contributed by atoms with Gasteiger partial charge in [0.15, 0.2) is 11.5 Å². The largest absolute Gasteiger partial charge is 0.416 e. The Hall–Kier alpha value is -3.00. The Morgan fingerprint density at radius 3 is 2.54 bits per heavy atom. The van der Waals surface area contributed by atoms with Gasteiger partial charge in [0, 0.05) is 23.4 Å². The van der Waals surface area contributed by atoms with Gasteiger partial charge in [-0.3, -0.25) is 4.40 Å². The summed E-state index contributed by atoms with van der Waals surface area (Å²) in [7, 11) is 0. The van der Waals surface area contributed by atoms with Crippen LogP contribution in [0, 0.1) is 0 Å². The summed E-state index contributed by atoms with van der Waals surface area (Å²) in [6.45, 7) is 0. The summed E-state index contributed by atoms with van der Waals surface area (Å²) < 4.78 is 40.3. The van der Waals surface area contributed by atoms with Gasteiger partial charge < -0.3 is 0 Å². The molecule has 0 radical (unpaired) electrons. The summed E-state index contributed by atoms with van der Waals surface area (Å²) in [5, 5.41) is 8.38. The fourth-order valence-electron chi connectivity index (χ4n) is 2.55. The van der Waals surface area contributed by atoms with Crippen molar-refractivity contribution in [1.29, 1.82) is 0 Å². The smallest absolute Gasteiger partial charge is 0.265 e. The van der Waals surface area contributed by atoms with Gasteiger partial charge in [0.25, 0.3) is 0 Å². The van der Waals surface area contributed by atoms with Crippen LogP contribution in [0.2, 0.25) is 5.15 Å². The molecule has 130 valence electrons. The van der Waals surface area contributed by atoms with E-state index in [4.69, 9.17) is 11.6 Å². The topological polar surface area (TPSA) is 56.0 Å². The Kier molecular flexibility index (Phi) is 3.84. The molecule has 0 amide bonds. The van der Waals surface area contributed by atoms with Crippen molar-refractivity contribution in [2.75, 3.05) is 0 Å². The van der Waals surface area contributed by atoms with E-state index >= 15 is 0 Å². The van der Waals surface area contributed by atoms with E-state index in [0.29, 0.717) is 22.1 Å². The third kappa shape index (κ3) is 2.99. The molecule has 0 saturated carbocycles. The molecule has 0 saturated heterocycles. The Labute approximate surface area is 150 Å². The van der Waals surface area contributed by atoms with Crippen LogP contribution in [0.25, 0.3) is 28.3 Å². The maximum Gasteiger partial charge on any atom is 0.416 e. The number of hydrogen-bond acceptors (Lipinski definition) is 4. The van der Waals surface area contributed by atoms with E-state index in [2.05, 4.69) is 20.2 Å². The molecule has 0 aliphatic rings. The van der Waals surface area contributed by atoms with Crippen LogP contribution in [-0.2, 0) is 6.18 Å². The van der Waals surface area contributed by atoms with E-state index < -0.39 is 11.7 Å². The maximum atomic E-state index is 12.9. The first kappa shape index (κ1) is 16.5. The minimum atomic E-state index is -4.43. The second kappa shape index (κ2) is 6.06. The fourth-order valence-corrected chi connectivity index (χ4v) is 2.72. The molecule has 26 heavy (non-hydrogen) atoms. The van der Waals surface area contributed by atoms with Gasteiger partial charge in [-0.05, 0) is 24.3 Å². The number of alkyl halides is 3. The Bertz CT molecular complexity index is 1110. The molecule has 1 aromatic carbocycles. The molecule has 3 heterocycles. The van der Waals surface area contributed by atoms with Gasteiger partial charge in [-0.25, -0.2) is 9.97 Å². The highest BCUT2D eigenvalue weighted by atomic mass is 35.5. The number of rotatable bonds is 2. The molecule has 0 fully saturated rings. The average Bonchev–Trinajstić information content (AvgIpc) is 3.04. The van der Waals surface area contributed by atoms with E-state index in [0.717, 1.165) is 17.7 Å². The molecule has 5 nitrogen and oxygen atoms in total. The lowest BCUT2D eigenvalue weighted by molar-refractivity contribution is -0.137. The molecule has 4 rings (SSSR count). The zero-order valence-corrected chi connectivity index (χ0v) is 13.7. The summed E-state index contributed by atoms with van der Waals surface area (Å²) in [6.07, 6.45) is -1.40. The Morgan fingerprint density at radius 2 is 1.77 bits per heavy atom. The summed E-state index contributed by atoms with van der Waals surface area (Å²) in [5.41, 5.74) is 1.35. The van der Waals surface area contributed by atoms with Crippen LogP contribution in [0.1, 0.15) is 5.56 Å². The molecule has 4 aromatic rings. The van der Waals surface area contributed by atoms with Crippen LogP contribution in [0.3, 0.4) is 0 Å². The molecule has 0 bridgehead atoms. The van der Waals surface area contributed by atoms with Crippen molar-refractivity contribution in [2.24, 2.45) is 0 Å². The third-order valence-corrected chi connectivity index (χ3v) is 3.98. The molecular formula is C17H9ClF3N5. The van der Waals surface area contributed by atoms with Crippen molar-refractivity contribution in [1.82, 2.24) is 24.6 Å². The van der Waals surface area contributed by atoms with Gasteiger partial charge in [-0.15, -0.1) is 10.2 Å². The lowest BCUT2D eigenvalue weighted by atomic mass is 10.1. The lowest BCUT2D eigenvalue weighted by Crippen LogP contribution is -2.04. The second-order valence-electron chi connectivity index (χ2n) is 5.47. The van der Waals surface area contributed by atoms with Crippen molar-refractivity contribution >= 4 is 17.2 Å². The highest BCUT2D eigenvalue weighted by Crippen LogP contribution is 2.32. The first-order valence-electron chi connectivity index (χ1n) is 7.42. The molecular weight excluding hydrogens is 367 g/mol. The highest BCUT2D eigenvalue weighted by molar-refractivity contribution is 6.29. The van der Waals surface area contributed by atoms with Gasteiger partial charge in [0.05, 0.1) is 11.3 Å². The van der Waals surface area contributed by atoms with E-state index in [1.165, 1.54) is 16.8 Å². The number of nitrogens with zero attached hydrogens (tertiary/aromatic N) is 5. The normalized spacial score (nSPS) is 11.8. The molecule has 0 spiro atoms. The van der Waals surface area contributed by atoms with Gasteiger partial charge in [0.2, 0.25) is 0 Å². The number of pyridine rings is 1. The monoisotopic (exact) mass is 375 g/mol. The standard InChI is InChI=1S/C17H9ClF3N5/c18-14-7-10(4-5-22-14)13-8-15-24-25-16(26(15)9-23-13)11-2-1-3-12(6-11)17(19,20)21/h1-9H. The number of hydrogen-bond donors (Lipinski definition) is 0. The van der Waals surface area contributed by atoms with Crippen LogP contribution >= 0.6 is 11.6 Å². The van der Waals surface area contributed by atoms with E-state index in [9.17, 15) is 13.2 Å². The third-order valence-electron chi connectivity index (χ3n) is 3.77. The molecule has 3 aromatic heterocycles. The van der Waals surface area contributed by atoms with Crippen molar-refractivity contribution in [3.05, 3.63) is 65.7 Å². The van der Waals surface area contributed by atoms with Crippen LogP contribution in [0.15, 0.2) is 55.0 Å². The van der Waals surface area contributed by atoms with Gasteiger partial charge in [-0.2, -0.15) is 13.2 Å². The summed E-state index contributed by atoms with van der Waals surface area (Å²) in [6, 6.07) is 10.0. The predicted octanol–water partition coefficient (Wildman–Crippen LogP) is 4.53. The van der Waals surface area contributed by atoms with E-state index in [-0.39, 0.29) is 5.82 Å². The predicted molar refractivity (Wildman–Crippen MR) is 89.5 cm³/mol. The van der Waals surface area contributed by atoms with Gasteiger partial charge >= 0.3 is 6.18 Å². The SMILES string of the molecule is FC(F)(F)c1cccc(-c2nnc3cc(-c4ccnc(Cl)c4)ncn23)c1. The van der Waals surface area contributed by atoms with Crippen LogP contribution < -0.4 is 0 Å². The van der Waals surface area contributed by atoms with Crippen LogP contribution in [-0.4, -0.2) is 24.6 Å². The van der Waals surface area contributed by atoms with Gasteiger partial charge in [0.1, 0.15) is 11.5 Å². The zero-order valence-electron chi connectivity index (χ0n) is 12.9. The first-order chi connectivity index (χ1) is 12.4. The first-order valence-corrected chi connectivity index (χ1v) is 7.80. The van der Waals surface area contributed by atoms with Crippen molar-refractivity contribution < 1.29 is 13.2 Å². The Morgan fingerprint density at radius 1 is 0.923 bits per heavy atom. The molecule has 0 atom stereocenters. The number of halogens is 4. The van der Waals surface area contributed by atoms with Gasteiger partial charge in [-0.1, -0.05) is 23.7 Å². The summed E-state index contributed by atoms with van der Waals surface area (Å²) >= 11 is 5.88. The molecule has 0 aliphatic heterocycles. The number of benzene rings is 1. The van der Waals surface area contributed by atoms with E-state index in [1.54, 1.807) is 30.5 Å². The Balaban J connectivity index is 1.79. The lowest BCUT2D eigenvalue weighted by Gasteiger charge is -2.08. The molecule has 0 aliphatic carbocycles.